The van der Waals surface area contributed by atoms with Gasteiger partial charge in [-0.05, 0) is 50.6 Å². The van der Waals surface area contributed by atoms with Gasteiger partial charge in [0, 0.05) is 16.8 Å². The summed E-state index contributed by atoms with van der Waals surface area (Å²) < 4.78 is 10.4. The number of ether oxygens (including phenoxy) is 2. The van der Waals surface area contributed by atoms with Gasteiger partial charge in [0.2, 0.25) is 0 Å². The number of hydrogen-bond acceptors (Lipinski definition) is 5. The molecule has 1 heterocycles. The quantitative estimate of drug-likeness (QED) is 0.793. The zero-order chi connectivity index (χ0) is 17.6. The fourth-order valence-corrected chi connectivity index (χ4v) is 2.74. The smallest absolute Gasteiger partial charge is 0.413 e. The number of anilines is 1. The van der Waals surface area contributed by atoms with Crippen molar-refractivity contribution in [3.8, 4) is 5.75 Å². The normalized spacial score (nSPS) is 11.0. The number of carbonyl (C=O) groups excluding carboxylic acids is 1. The lowest BCUT2D eigenvalue weighted by molar-refractivity contribution is 0.0635. The SMILES string of the molecule is COc1ccc(CSc2ccnc(NC(=O)OC(C)(C)C)c2)cc1. The molecule has 0 aliphatic heterocycles. The van der Waals surface area contributed by atoms with Crippen molar-refractivity contribution < 1.29 is 14.3 Å². The maximum Gasteiger partial charge on any atom is 0.413 e. The second kappa shape index (κ2) is 8.06. The summed E-state index contributed by atoms with van der Waals surface area (Å²) in [5, 5.41) is 2.65. The Hall–Kier alpha value is -2.21. The highest BCUT2D eigenvalue weighted by Crippen LogP contribution is 2.25. The van der Waals surface area contributed by atoms with Crippen LogP contribution in [0.2, 0.25) is 0 Å². The molecule has 0 unspecified atom stereocenters. The van der Waals surface area contributed by atoms with E-state index in [0.717, 1.165) is 16.4 Å². The van der Waals surface area contributed by atoms with E-state index < -0.39 is 11.7 Å². The fraction of sp³-hybridized carbons (Fsp3) is 0.333. The van der Waals surface area contributed by atoms with Crippen LogP contribution in [0.5, 0.6) is 5.75 Å². The van der Waals surface area contributed by atoms with Gasteiger partial charge in [0.15, 0.2) is 0 Å². The summed E-state index contributed by atoms with van der Waals surface area (Å²) in [7, 11) is 1.65. The van der Waals surface area contributed by atoms with Gasteiger partial charge in [0.05, 0.1) is 7.11 Å². The van der Waals surface area contributed by atoms with E-state index in [1.807, 2.05) is 57.2 Å². The number of amides is 1. The second-order valence-corrected chi connectivity index (χ2v) is 7.19. The maximum atomic E-state index is 11.8. The summed E-state index contributed by atoms with van der Waals surface area (Å²) in [6, 6.07) is 11.7. The Kier molecular flexibility index (Phi) is 6.09. The fourth-order valence-electron chi connectivity index (χ4n) is 1.87. The van der Waals surface area contributed by atoms with E-state index in [-0.39, 0.29) is 0 Å². The lowest BCUT2D eigenvalue weighted by Crippen LogP contribution is -2.27. The summed E-state index contributed by atoms with van der Waals surface area (Å²) in [5.74, 6) is 2.14. The third-order valence-electron chi connectivity index (χ3n) is 2.92. The van der Waals surface area contributed by atoms with Gasteiger partial charge >= 0.3 is 6.09 Å². The van der Waals surface area contributed by atoms with E-state index in [1.54, 1.807) is 25.1 Å². The highest BCUT2D eigenvalue weighted by Gasteiger charge is 2.16. The summed E-state index contributed by atoms with van der Waals surface area (Å²) in [6.45, 7) is 5.46. The van der Waals surface area contributed by atoms with Gasteiger partial charge in [-0.2, -0.15) is 0 Å². The Morgan fingerprint density at radius 2 is 1.92 bits per heavy atom. The minimum Gasteiger partial charge on any atom is -0.497 e. The molecule has 0 saturated carbocycles. The number of nitrogens with zero attached hydrogens (tertiary/aromatic N) is 1. The Balaban J connectivity index is 1.93. The van der Waals surface area contributed by atoms with E-state index in [1.165, 1.54) is 5.56 Å². The zero-order valence-electron chi connectivity index (χ0n) is 14.3. The number of hydrogen-bond donors (Lipinski definition) is 1. The lowest BCUT2D eigenvalue weighted by atomic mass is 10.2. The van der Waals surface area contributed by atoms with E-state index >= 15 is 0 Å². The molecule has 2 aromatic rings. The monoisotopic (exact) mass is 346 g/mol. The molecule has 0 aliphatic rings. The molecule has 0 fully saturated rings. The lowest BCUT2D eigenvalue weighted by Gasteiger charge is -2.19. The molecule has 1 amide bonds. The molecule has 24 heavy (non-hydrogen) atoms. The van der Waals surface area contributed by atoms with Crippen LogP contribution in [0.3, 0.4) is 0 Å². The van der Waals surface area contributed by atoms with Crippen LogP contribution in [0.25, 0.3) is 0 Å². The number of nitrogens with one attached hydrogen (secondary N) is 1. The minimum atomic E-state index is -0.537. The van der Waals surface area contributed by atoms with Crippen LogP contribution in [0.1, 0.15) is 26.3 Å². The average Bonchev–Trinajstić information content (AvgIpc) is 2.52. The van der Waals surface area contributed by atoms with Crippen molar-refractivity contribution >= 4 is 23.7 Å². The summed E-state index contributed by atoms with van der Waals surface area (Å²) in [6.07, 6.45) is 1.16. The Labute approximate surface area is 146 Å². The molecule has 0 spiro atoms. The Morgan fingerprint density at radius 1 is 1.21 bits per heavy atom. The maximum absolute atomic E-state index is 11.8. The largest absolute Gasteiger partial charge is 0.497 e. The van der Waals surface area contributed by atoms with Gasteiger partial charge in [-0.1, -0.05) is 12.1 Å². The van der Waals surface area contributed by atoms with Crippen molar-refractivity contribution in [1.29, 1.82) is 0 Å². The standard InChI is InChI=1S/C18H22N2O3S/c1-18(2,3)23-17(21)20-16-11-15(9-10-19-16)24-12-13-5-7-14(22-4)8-6-13/h5-11H,12H2,1-4H3,(H,19,20,21). The van der Waals surface area contributed by atoms with Crippen LogP contribution in [-0.4, -0.2) is 23.8 Å². The van der Waals surface area contributed by atoms with Crippen LogP contribution < -0.4 is 10.1 Å². The van der Waals surface area contributed by atoms with Crippen LogP contribution in [0.15, 0.2) is 47.5 Å². The van der Waals surface area contributed by atoms with Crippen LogP contribution in [0.4, 0.5) is 10.6 Å². The van der Waals surface area contributed by atoms with Gasteiger partial charge < -0.3 is 9.47 Å². The highest BCUT2D eigenvalue weighted by molar-refractivity contribution is 7.98. The van der Waals surface area contributed by atoms with Crippen molar-refractivity contribution in [2.24, 2.45) is 0 Å². The van der Waals surface area contributed by atoms with Crippen molar-refractivity contribution in [2.75, 3.05) is 12.4 Å². The molecule has 0 bridgehead atoms. The van der Waals surface area contributed by atoms with E-state index in [0.29, 0.717) is 5.82 Å². The number of pyridine rings is 1. The van der Waals surface area contributed by atoms with E-state index in [4.69, 9.17) is 9.47 Å². The van der Waals surface area contributed by atoms with Gasteiger partial charge in [-0.25, -0.2) is 9.78 Å². The van der Waals surface area contributed by atoms with Crippen LogP contribution in [-0.2, 0) is 10.5 Å². The molecule has 0 atom stereocenters. The molecular weight excluding hydrogens is 324 g/mol. The molecule has 0 aliphatic carbocycles. The Morgan fingerprint density at radius 3 is 2.54 bits per heavy atom. The topological polar surface area (TPSA) is 60.5 Å². The first-order chi connectivity index (χ1) is 11.4. The third-order valence-corrected chi connectivity index (χ3v) is 3.99. The molecule has 1 aromatic heterocycles. The first-order valence-electron chi connectivity index (χ1n) is 7.57. The first kappa shape index (κ1) is 18.1. The van der Waals surface area contributed by atoms with Gasteiger partial charge in [0.1, 0.15) is 17.2 Å². The van der Waals surface area contributed by atoms with Crippen molar-refractivity contribution in [3.05, 3.63) is 48.2 Å². The molecule has 0 saturated heterocycles. The Bertz CT molecular complexity index is 681. The summed E-state index contributed by atoms with van der Waals surface area (Å²) in [4.78, 5) is 17.0. The second-order valence-electron chi connectivity index (χ2n) is 6.14. The summed E-state index contributed by atoms with van der Waals surface area (Å²) in [5.41, 5.74) is 0.657. The van der Waals surface area contributed by atoms with Gasteiger partial charge in [-0.15, -0.1) is 11.8 Å². The number of carbonyl (C=O) groups is 1. The zero-order valence-corrected chi connectivity index (χ0v) is 15.1. The van der Waals surface area contributed by atoms with E-state index in [2.05, 4.69) is 10.3 Å². The van der Waals surface area contributed by atoms with E-state index in [9.17, 15) is 4.79 Å². The van der Waals surface area contributed by atoms with Crippen molar-refractivity contribution in [3.63, 3.8) is 0 Å². The van der Waals surface area contributed by atoms with Crippen LogP contribution in [0, 0.1) is 0 Å². The predicted molar refractivity (Wildman–Crippen MR) is 96.6 cm³/mol. The van der Waals surface area contributed by atoms with Crippen molar-refractivity contribution in [1.82, 2.24) is 4.98 Å². The molecule has 1 N–H and O–H groups in total. The molecule has 5 nitrogen and oxygen atoms in total. The minimum absolute atomic E-state index is 0.476. The van der Waals surface area contributed by atoms with Gasteiger partial charge in [-0.3, -0.25) is 5.32 Å². The molecule has 6 heteroatoms. The molecule has 128 valence electrons. The highest BCUT2D eigenvalue weighted by atomic mass is 32.2. The molecule has 1 aromatic carbocycles. The van der Waals surface area contributed by atoms with Crippen LogP contribution >= 0.6 is 11.8 Å². The number of thioether (sulfide) groups is 1. The average molecular weight is 346 g/mol. The number of rotatable bonds is 5. The summed E-state index contributed by atoms with van der Waals surface area (Å²) >= 11 is 1.67. The number of benzene rings is 1. The van der Waals surface area contributed by atoms with Gasteiger partial charge in [0.25, 0.3) is 0 Å². The molecule has 2 rings (SSSR count). The molecule has 0 radical (unpaired) electrons. The number of aromatic nitrogens is 1. The number of methoxy groups -OCH3 is 1. The molecular formula is C18H22N2O3S. The van der Waals surface area contributed by atoms with Crippen molar-refractivity contribution in [2.45, 2.75) is 37.0 Å². The third kappa shape index (κ3) is 6.12. The first-order valence-corrected chi connectivity index (χ1v) is 8.56. The predicted octanol–water partition coefficient (Wildman–Crippen LogP) is 4.73.